The zero-order chi connectivity index (χ0) is 20.9. The maximum Gasteiger partial charge on any atom is 0.323 e. The normalized spacial score (nSPS) is 17.1. The first-order valence-corrected chi connectivity index (χ1v) is 10.6. The fourth-order valence-electron chi connectivity index (χ4n) is 4.17. The topological polar surface area (TPSA) is 78.6 Å². The van der Waals surface area contributed by atoms with Gasteiger partial charge >= 0.3 is 5.97 Å². The second-order valence-corrected chi connectivity index (χ2v) is 8.20. The van der Waals surface area contributed by atoms with E-state index >= 15 is 0 Å². The summed E-state index contributed by atoms with van der Waals surface area (Å²) in [6, 6.07) is 14.3. The molecule has 2 radical (unpaired) electrons. The van der Waals surface area contributed by atoms with Crippen molar-refractivity contribution in [1.29, 1.82) is 0 Å². The van der Waals surface area contributed by atoms with E-state index in [2.05, 4.69) is 28.4 Å². The molecular weight excluding hydrogens is 381 g/mol. The third-order valence-electron chi connectivity index (χ3n) is 5.98. The van der Waals surface area contributed by atoms with E-state index < -0.39 is 11.5 Å². The molecule has 3 rings (SSSR count). The highest BCUT2D eigenvalue weighted by Crippen LogP contribution is 2.32. The van der Waals surface area contributed by atoms with Crippen molar-refractivity contribution in [2.45, 2.75) is 44.0 Å². The largest absolute Gasteiger partial charge is 0.480 e. The lowest BCUT2D eigenvalue weighted by Gasteiger charge is -2.41. The Morgan fingerprint density at radius 3 is 2.59 bits per heavy atom. The van der Waals surface area contributed by atoms with Crippen LogP contribution in [0.1, 0.15) is 32.1 Å². The molecule has 1 atom stereocenters. The van der Waals surface area contributed by atoms with Gasteiger partial charge in [-0.05, 0) is 48.9 Å². The number of anilines is 1. The lowest BCUT2D eigenvalue weighted by Crippen LogP contribution is -2.57. The molecule has 1 fully saturated rings. The van der Waals surface area contributed by atoms with Gasteiger partial charge in [-0.15, -0.1) is 0 Å². The first kappa shape index (κ1) is 21.6. The van der Waals surface area contributed by atoms with Crippen molar-refractivity contribution >= 4 is 47.6 Å². The molecule has 0 aliphatic carbocycles. The van der Waals surface area contributed by atoms with Crippen LogP contribution >= 0.6 is 12.2 Å². The first-order valence-electron chi connectivity index (χ1n) is 10.2. The fourth-order valence-corrected chi connectivity index (χ4v) is 4.47. The minimum absolute atomic E-state index is 0.0608. The Balaban J connectivity index is 1.62. The second-order valence-electron chi connectivity index (χ2n) is 7.81. The number of aliphatic carboxylic acids is 1. The number of hydrogen-bond acceptors (Lipinski definition) is 3. The van der Waals surface area contributed by atoms with Crippen LogP contribution in [0.15, 0.2) is 42.5 Å². The number of unbranched alkanes of at least 4 members (excludes halogenated alkanes) is 1. The molecule has 1 saturated heterocycles. The number of fused-ring (bicyclic) bond motifs is 1. The Labute approximate surface area is 179 Å². The number of carboxylic acids is 1. The van der Waals surface area contributed by atoms with Crippen LogP contribution in [0.3, 0.4) is 0 Å². The number of carboxylic acid groups (broad SMARTS) is 1. The SMILES string of the molecule is [B]CCCCC(N)(C(=O)O)C1CCN(C(=S)Nc2cccc3ccccc23)CC1. The summed E-state index contributed by atoms with van der Waals surface area (Å²) in [5, 5.41) is 16.1. The monoisotopic (exact) mass is 409 g/mol. The number of thiocarbonyl (C=S) groups is 1. The molecule has 0 saturated carbocycles. The Morgan fingerprint density at radius 1 is 1.21 bits per heavy atom. The van der Waals surface area contributed by atoms with E-state index in [0.717, 1.165) is 29.3 Å². The lowest BCUT2D eigenvalue weighted by atomic mass is 9.75. The van der Waals surface area contributed by atoms with Gasteiger partial charge < -0.3 is 21.1 Å². The number of rotatable bonds is 7. The van der Waals surface area contributed by atoms with E-state index in [1.165, 1.54) is 0 Å². The maximum absolute atomic E-state index is 11.9. The minimum Gasteiger partial charge on any atom is -0.480 e. The number of nitrogens with one attached hydrogen (secondary N) is 1. The molecule has 1 unspecified atom stereocenters. The van der Waals surface area contributed by atoms with Crippen LogP contribution in [0.25, 0.3) is 10.8 Å². The summed E-state index contributed by atoms with van der Waals surface area (Å²) in [5.74, 6) is -0.973. The van der Waals surface area contributed by atoms with Crippen molar-refractivity contribution in [1.82, 2.24) is 4.90 Å². The number of carbonyl (C=O) groups is 1. The summed E-state index contributed by atoms with van der Waals surface area (Å²) in [7, 11) is 5.55. The highest BCUT2D eigenvalue weighted by molar-refractivity contribution is 7.80. The third-order valence-corrected chi connectivity index (χ3v) is 6.34. The van der Waals surface area contributed by atoms with Crippen molar-refractivity contribution in [3.05, 3.63) is 42.5 Å². The summed E-state index contributed by atoms with van der Waals surface area (Å²) >= 11 is 5.64. The standard InChI is InChI=1S/C22H28BN3O2S/c23-13-4-3-12-22(24,20(27)28)17-10-14-26(15-11-17)21(29)25-19-9-5-7-16-6-1-2-8-18(16)19/h1-2,5-9,17H,3-4,10-15,24H2,(H,25,29)(H,27,28). The highest BCUT2D eigenvalue weighted by Gasteiger charge is 2.43. The molecule has 0 aromatic heterocycles. The number of hydrogen-bond donors (Lipinski definition) is 3. The van der Waals surface area contributed by atoms with Crippen molar-refractivity contribution in [2.24, 2.45) is 11.7 Å². The molecule has 2 aromatic rings. The van der Waals surface area contributed by atoms with Gasteiger partial charge in [-0.1, -0.05) is 55.6 Å². The highest BCUT2D eigenvalue weighted by atomic mass is 32.1. The zero-order valence-corrected chi connectivity index (χ0v) is 17.5. The molecule has 7 heteroatoms. The van der Waals surface area contributed by atoms with Gasteiger partial charge in [0.05, 0.1) is 7.85 Å². The van der Waals surface area contributed by atoms with Crippen LogP contribution in [0, 0.1) is 5.92 Å². The summed E-state index contributed by atoms with van der Waals surface area (Å²) < 4.78 is 0. The summed E-state index contributed by atoms with van der Waals surface area (Å²) in [6.45, 7) is 1.40. The smallest absolute Gasteiger partial charge is 0.323 e. The molecule has 1 aliphatic rings. The average molecular weight is 409 g/mol. The molecule has 5 nitrogen and oxygen atoms in total. The van der Waals surface area contributed by atoms with Crippen LogP contribution in [0.4, 0.5) is 5.69 Å². The molecule has 152 valence electrons. The van der Waals surface area contributed by atoms with E-state index in [4.69, 9.17) is 25.8 Å². The molecule has 1 aliphatic heterocycles. The molecule has 0 spiro atoms. The first-order chi connectivity index (χ1) is 14.0. The fraction of sp³-hybridized carbons (Fsp3) is 0.455. The minimum atomic E-state index is -1.19. The zero-order valence-electron chi connectivity index (χ0n) is 16.6. The Hall–Kier alpha value is -2.12. The number of likely N-dealkylation sites (tertiary alicyclic amines) is 1. The molecule has 0 bridgehead atoms. The van der Waals surface area contributed by atoms with Crippen molar-refractivity contribution in [3.8, 4) is 0 Å². The summed E-state index contributed by atoms with van der Waals surface area (Å²) in [6.07, 6.45) is 3.97. The average Bonchev–Trinajstić information content (AvgIpc) is 2.74. The van der Waals surface area contributed by atoms with Gasteiger partial charge in [0.2, 0.25) is 0 Å². The Morgan fingerprint density at radius 2 is 1.90 bits per heavy atom. The quantitative estimate of drug-likeness (QED) is 0.367. The van der Waals surface area contributed by atoms with Crippen LogP contribution < -0.4 is 11.1 Å². The molecular formula is C22H28BN3O2S. The molecule has 0 amide bonds. The van der Waals surface area contributed by atoms with Crippen LogP contribution in [-0.2, 0) is 4.79 Å². The van der Waals surface area contributed by atoms with Crippen LogP contribution in [0.2, 0.25) is 6.32 Å². The van der Waals surface area contributed by atoms with Crippen molar-refractivity contribution < 1.29 is 9.90 Å². The summed E-state index contributed by atoms with van der Waals surface area (Å²) in [5.41, 5.74) is 6.15. The number of piperidine rings is 1. The van der Waals surface area contributed by atoms with Crippen LogP contribution in [-0.4, -0.2) is 47.6 Å². The lowest BCUT2D eigenvalue weighted by molar-refractivity contribution is -0.146. The van der Waals surface area contributed by atoms with E-state index in [1.54, 1.807) is 0 Å². The van der Waals surface area contributed by atoms with Gasteiger partial charge in [-0.3, -0.25) is 4.79 Å². The van der Waals surface area contributed by atoms with E-state index in [0.29, 0.717) is 43.8 Å². The predicted octanol–water partition coefficient (Wildman–Crippen LogP) is 3.79. The van der Waals surface area contributed by atoms with Gasteiger partial charge in [-0.2, -0.15) is 0 Å². The van der Waals surface area contributed by atoms with Crippen LogP contribution in [0.5, 0.6) is 0 Å². The maximum atomic E-state index is 11.9. The molecule has 2 aromatic carbocycles. The van der Waals surface area contributed by atoms with Gasteiger partial charge in [0.25, 0.3) is 0 Å². The van der Waals surface area contributed by atoms with Gasteiger partial charge in [0, 0.05) is 24.2 Å². The summed E-state index contributed by atoms with van der Waals surface area (Å²) in [4.78, 5) is 14.0. The van der Waals surface area contributed by atoms with Crippen molar-refractivity contribution in [2.75, 3.05) is 18.4 Å². The van der Waals surface area contributed by atoms with E-state index in [1.807, 2.05) is 24.3 Å². The van der Waals surface area contributed by atoms with Gasteiger partial charge in [0.15, 0.2) is 5.11 Å². The van der Waals surface area contributed by atoms with Gasteiger partial charge in [-0.25, -0.2) is 0 Å². The van der Waals surface area contributed by atoms with Gasteiger partial charge in [0.1, 0.15) is 5.54 Å². The third kappa shape index (κ3) is 4.90. The van der Waals surface area contributed by atoms with E-state index in [9.17, 15) is 9.90 Å². The number of nitrogens with zero attached hydrogens (tertiary/aromatic N) is 1. The molecule has 1 heterocycles. The predicted molar refractivity (Wildman–Crippen MR) is 123 cm³/mol. The van der Waals surface area contributed by atoms with Crippen molar-refractivity contribution in [3.63, 3.8) is 0 Å². The Kier molecular flexibility index (Phi) is 7.14. The Bertz CT molecular complexity index is 865. The second kappa shape index (κ2) is 9.59. The molecule has 29 heavy (non-hydrogen) atoms. The number of nitrogens with two attached hydrogens (primary N) is 1. The molecule has 4 N–H and O–H groups in total. The number of benzene rings is 2. The van der Waals surface area contributed by atoms with E-state index in [-0.39, 0.29) is 5.92 Å².